The summed E-state index contributed by atoms with van der Waals surface area (Å²) in [6.45, 7) is 0. The number of hydrogen-bond donors (Lipinski definition) is 1. The average molecular weight is 275 g/mol. The van der Waals surface area contributed by atoms with Gasteiger partial charge < -0.3 is 10.1 Å². The van der Waals surface area contributed by atoms with E-state index in [1.54, 1.807) is 13.3 Å². The van der Waals surface area contributed by atoms with E-state index in [4.69, 9.17) is 16.3 Å². The molecule has 0 radical (unpaired) electrons. The van der Waals surface area contributed by atoms with Crippen molar-refractivity contribution in [2.24, 2.45) is 0 Å². The molecule has 1 atom stereocenters. The lowest BCUT2D eigenvalue weighted by Gasteiger charge is -2.16. The number of fused-ring (bicyclic) bond motifs is 1. The van der Waals surface area contributed by atoms with Crippen molar-refractivity contribution in [3.8, 4) is 5.75 Å². The first kappa shape index (κ1) is 12.3. The number of rotatable bonds is 3. The van der Waals surface area contributed by atoms with Crippen LogP contribution in [0.5, 0.6) is 5.75 Å². The quantitative estimate of drug-likeness (QED) is 0.864. The number of hydrogen-bond acceptors (Lipinski definition) is 3. The van der Waals surface area contributed by atoms with Gasteiger partial charge in [-0.15, -0.1) is 0 Å². The van der Waals surface area contributed by atoms with Crippen LogP contribution in [0.4, 0.5) is 5.69 Å². The summed E-state index contributed by atoms with van der Waals surface area (Å²) in [5.41, 5.74) is 3.70. The van der Waals surface area contributed by atoms with Crippen LogP contribution in [-0.2, 0) is 6.42 Å². The number of aromatic nitrogens is 1. The van der Waals surface area contributed by atoms with Crippen LogP contribution in [0.3, 0.4) is 0 Å². The van der Waals surface area contributed by atoms with Gasteiger partial charge in [0.05, 0.1) is 13.2 Å². The van der Waals surface area contributed by atoms with Crippen LogP contribution in [0.1, 0.15) is 23.6 Å². The second-order valence-corrected chi connectivity index (χ2v) is 5.05. The lowest BCUT2D eigenvalue weighted by atomic mass is 10.1. The van der Waals surface area contributed by atoms with Gasteiger partial charge in [0.1, 0.15) is 10.9 Å². The standard InChI is InChI=1S/C15H15ClN2O/c1-19-12-4-2-10-3-5-14(13(10)9-12)18-11-6-7-17-15(16)8-11/h2,4,6-9,14H,3,5H2,1H3,(H,17,18). The van der Waals surface area contributed by atoms with Crippen molar-refractivity contribution in [2.45, 2.75) is 18.9 Å². The summed E-state index contributed by atoms with van der Waals surface area (Å²) < 4.78 is 5.30. The smallest absolute Gasteiger partial charge is 0.131 e. The third-order valence-electron chi connectivity index (χ3n) is 3.50. The first-order chi connectivity index (χ1) is 9.26. The molecule has 0 bridgehead atoms. The zero-order valence-corrected chi connectivity index (χ0v) is 11.4. The van der Waals surface area contributed by atoms with Crippen molar-refractivity contribution in [1.29, 1.82) is 0 Å². The van der Waals surface area contributed by atoms with Crippen molar-refractivity contribution >= 4 is 17.3 Å². The molecule has 1 N–H and O–H groups in total. The van der Waals surface area contributed by atoms with Gasteiger partial charge in [0, 0.05) is 11.9 Å². The maximum Gasteiger partial charge on any atom is 0.131 e. The minimum atomic E-state index is 0.309. The highest BCUT2D eigenvalue weighted by atomic mass is 35.5. The fourth-order valence-corrected chi connectivity index (χ4v) is 2.72. The largest absolute Gasteiger partial charge is 0.497 e. The van der Waals surface area contributed by atoms with Crippen molar-refractivity contribution < 1.29 is 4.74 Å². The molecule has 0 aliphatic heterocycles. The van der Waals surface area contributed by atoms with E-state index in [1.807, 2.05) is 18.2 Å². The average Bonchev–Trinajstić information content (AvgIpc) is 2.81. The van der Waals surface area contributed by atoms with Crippen LogP contribution in [-0.4, -0.2) is 12.1 Å². The fourth-order valence-electron chi connectivity index (χ4n) is 2.55. The van der Waals surface area contributed by atoms with Crippen molar-refractivity contribution in [3.05, 3.63) is 52.8 Å². The molecule has 4 heteroatoms. The molecule has 3 nitrogen and oxygen atoms in total. The molecule has 0 fully saturated rings. The van der Waals surface area contributed by atoms with Crippen LogP contribution >= 0.6 is 11.6 Å². The number of benzene rings is 1. The number of nitrogens with one attached hydrogen (secondary N) is 1. The predicted molar refractivity (Wildman–Crippen MR) is 76.9 cm³/mol. The van der Waals surface area contributed by atoms with Gasteiger partial charge in [-0.1, -0.05) is 17.7 Å². The Morgan fingerprint density at radius 1 is 1.32 bits per heavy atom. The summed E-state index contributed by atoms with van der Waals surface area (Å²) in [4.78, 5) is 3.99. The van der Waals surface area contributed by atoms with Gasteiger partial charge in [-0.3, -0.25) is 0 Å². The molecule has 1 aliphatic rings. The molecule has 0 spiro atoms. The Morgan fingerprint density at radius 3 is 3.00 bits per heavy atom. The summed E-state index contributed by atoms with van der Waals surface area (Å²) in [6, 6.07) is 10.4. The Morgan fingerprint density at radius 2 is 2.21 bits per heavy atom. The highest BCUT2D eigenvalue weighted by Gasteiger charge is 2.22. The number of anilines is 1. The molecule has 3 rings (SSSR count). The molecule has 0 amide bonds. The monoisotopic (exact) mass is 274 g/mol. The van der Waals surface area contributed by atoms with E-state index < -0.39 is 0 Å². The second-order valence-electron chi connectivity index (χ2n) is 4.67. The Kier molecular flexibility index (Phi) is 3.30. The minimum Gasteiger partial charge on any atom is -0.497 e. The second kappa shape index (κ2) is 5.10. The summed E-state index contributed by atoms with van der Waals surface area (Å²) in [7, 11) is 1.70. The zero-order chi connectivity index (χ0) is 13.2. The van der Waals surface area contributed by atoms with E-state index in [0.717, 1.165) is 24.3 Å². The van der Waals surface area contributed by atoms with E-state index in [-0.39, 0.29) is 0 Å². The van der Waals surface area contributed by atoms with E-state index in [1.165, 1.54) is 11.1 Å². The molecule has 0 saturated carbocycles. The van der Waals surface area contributed by atoms with Crippen LogP contribution in [0, 0.1) is 0 Å². The van der Waals surface area contributed by atoms with Crippen molar-refractivity contribution in [3.63, 3.8) is 0 Å². The summed E-state index contributed by atoms with van der Waals surface area (Å²) in [5.74, 6) is 0.903. The normalized spacial score (nSPS) is 17.1. The number of nitrogens with zero attached hydrogens (tertiary/aromatic N) is 1. The van der Waals surface area contributed by atoms with Crippen molar-refractivity contribution in [1.82, 2.24) is 4.98 Å². The molecule has 1 aliphatic carbocycles. The molecular formula is C15H15ClN2O. The Hall–Kier alpha value is -1.74. The molecule has 2 aromatic rings. The van der Waals surface area contributed by atoms with Crippen molar-refractivity contribution in [2.75, 3.05) is 12.4 Å². The fraction of sp³-hybridized carbons (Fsp3) is 0.267. The Balaban J connectivity index is 1.85. The van der Waals surface area contributed by atoms with Gasteiger partial charge in [0.25, 0.3) is 0 Å². The Bertz CT molecular complexity index is 600. The maximum atomic E-state index is 5.91. The summed E-state index contributed by atoms with van der Waals surface area (Å²) in [5, 5.41) is 4.02. The number of halogens is 1. The molecule has 0 saturated heterocycles. The van der Waals surface area contributed by atoms with E-state index in [9.17, 15) is 0 Å². The van der Waals surface area contributed by atoms with Crippen LogP contribution in [0.2, 0.25) is 5.15 Å². The van der Waals surface area contributed by atoms with Crippen LogP contribution in [0.25, 0.3) is 0 Å². The molecular weight excluding hydrogens is 260 g/mol. The summed E-state index contributed by atoms with van der Waals surface area (Å²) >= 11 is 5.91. The lowest BCUT2D eigenvalue weighted by Crippen LogP contribution is -2.07. The van der Waals surface area contributed by atoms with Gasteiger partial charge in [-0.2, -0.15) is 0 Å². The van der Waals surface area contributed by atoms with E-state index in [2.05, 4.69) is 22.4 Å². The molecule has 98 valence electrons. The van der Waals surface area contributed by atoms with Gasteiger partial charge in [-0.05, 0) is 48.2 Å². The molecule has 1 aromatic carbocycles. The van der Waals surface area contributed by atoms with Gasteiger partial charge >= 0.3 is 0 Å². The maximum absolute atomic E-state index is 5.91. The van der Waals surface area contributed by atoms with Crippen LogP contribution < -0.4 is 10.1 Å². The first-order valence-electron chi connectivity index (χ1n) is 6.31. The molecule has 1 aromatic heterocycles. The van der Waals surface area contributed by atoms with Gasteiger partial charge in [0.15, 0.2) is 0 Å². The topological polar surface area (TPSA) is 34.1 Å². The highest BCUT2D eigenvalue weighted by molar-refractivity contribution is 6.29. The molecule has 19 heavy (non-hydrogen) atoms. The Labute approximate surface area is 117 Å². The molecule has 1 heterocycles. The number of pyridine rings is 1. The third-order valence-corrected chi connectivity index (χ3v) is 3.70. The third kappa shape index (κ3) is 2.51. The summed E-state index contributed by atoms with van der Waals surface area (Å²) in [6.07, 6.45) is 3.89. The first-order valence-corrected chi connectivity index (χ1v) is 6.69. The predicted octanol–water partition coefficient (Wildman–Crippen LogP) is 3.84. The number of methoxy groups -OCH3 is 1. The van der Waals surface area contributed by atoms with E-state index >= 15 is 0 Å². The minimum absolute atomic E-state index is 0.309. The van der Waals surface area contributed by atoms with E-state index in [0.29, 0.717) is 11.2 Å². The lowest BCUT2D eigenvalue weighted by molar-refractivity contribution is 0.414. The number of aryl methyl sites for hydroxylation is 1. The number of ether oxygens (including phenoxy) is 1. The SMILES string of the molecule is COc1ccc2c(c1)C(Nc1ccnc(Cl)c1)CC2. The van der Waals surface area contributed by atoms with Gasteiger partial charge in [0.2, 0.25) is 0 Å². The highest BCUT2D eigenvalue weighted by Crippen LogP contribution is 2.36. The van der Waals surface area contributed by atoms with Crippen LogP contribution in [0.15, 0.2) is 36.5 Å². The van der Waals surface area contributed by atoms with Gasteiger partial charge in [-0.25, -0.2) is 4.98 Å². The zero-order valence-electron chi connectivity index (χ0n) is 10.7. The molecule has 1 unspecified atom stereocenters.